The molecule has 4 aromatic rings. The van der Waals surface area contributed by atoms with Gasteiger partial charge in [-0.15, -0.1) is 0 Å². The first-order valence-electron chi connectivity index (χ1n) is 13.8. The molecule has 0 bridgehead atoms. The number of nitrogens with one attached hydrogen (secondary N) is 3. The van der Waals surface area contributed by atoms with Crippen molar-refractivity contribution in [3.05, 3.63) is 122 Å². The molecule has 0 radical (unpaired) electrons. The van der Waals surface area contributed by atoms with E-state index in [2.05, 4.69) is 16.0 Å². The molecular weight excluding hydrogens is 592 g/mol. The van der Waals surface area contributed by atoms with E-state index in [9.17, 15) is 36.7 Å². The third-order valence-corrected chi connectivity index (χ3v) is 7.37. The number of benzene rings is 3. The van der Waals surface area contributed by atoms with Gasteiger partial charge in [0.05, 0.1) is 23.8 Å². The average Bonchev–Trinajstić information content (AvgIpc) is 3.02. The fourth-order valence-electron chi connectivity index (χ4n) is 4.76. The summed E-state index contributed by atoms with van der Waals surface area (Å²) in [4.78, 5) is 52.2. The van der Waals surface area contributed by atoms with Gasteiger partial charge in [0.15, 0.2) is 5.78 Å². The van der Waals surface area contributed by atoms with Gasteiger partial charge in [0.25, 0.3) is 11.5 Å². The van der Waals surface area contributed by atoms with E-state index in [-0.39, 0.29) is 34.0 Å². The van der Waals surface area contributed by atoms with Gasteiger partial charge in [-0.25, -0.2) is 4.39 Å². The van der Waals surface area contributed by atoms with Crippen LogP contribution in [0.5, 0.6) is 0 Å². The quantitative estimate of drug-likeness (QED) is 0.176. The lowest BCUT2D eigenvalue weighted by Gasteiger charge is -2.20. The molecule has 0 aliphatic carbocycles. The van der Waals surface area contributed by atoms with Crippen molar-refractivity contribution in [2.45, 2.75) is 32.6 Å². The minimum atomic E-state index is -4.83. The Morgan fingerprint density at radius 3 is 2.22 bits per heavy atom. The standard InChI is InChI=1S/C33H30F4N4O4/c1-18-25(6-5-7-26(18)31(44)39-4)28-13-12-27(40-30(43)19(2)38-3)32(45)41(28)17-20-14-22(16-23(15-20)33(35,36)37)29(42)21-8-10-24(34)11-9-21/h5-16,19,38H,17H2,1-4H3,(H,39,44)(H,40,43)/t19-/m0/s1. The number of nitrogens with zero attached hydrogens (tertiary/aromatic N) is 1. The largest absolute Gasteiger partial charge is 0.416 e. The van der Waals surface area contributed by atoms with Gasteiger partial charge in [-0.2, -0.15) is 13.2 Å². The molecule has 45 heavy (non-hydrogen) atoms. The van der Waals surface area contributed by atoms with Crippen molar-refractivity contribution in [2.24, 2.45) is 0 Å². The predicted octanol–water partition coefficient (Wildman–Crippen LogP) is 5.17. The molecule has 0 saturated heterocycles. The Labute approximate surface area is 256 Å². The van der Waals surface area contributed by atoms with Crippen molar-refractivity contribution in [1.82, 2.24) is 15.2 Å². The van der Waals surface area contributed by atoms with E-state index < -0.39 is 47.4 Å². The van der Waals surface area contributed by atoms with E-state index in [0.29, 0.717) is 22.8 Å². The van der Waals surface area contributed by atoms with Crippen LogP contribution in [0.4, 0.5) is 23.2 Å². The van der Waals surface area contributed by atoms with Gasteiger partial charge in [0.1, 0.15) is 11.5 Å². The molecule has 0 unspecified atom stereocenters. The Morgan fingerprint density at radius 1 is 0.911 bits per heavy atom. The Kier molecular flexibility index (Phi) is 9.67. The number of likely N-dealkylation sites (N-methyl/N-ethyl adjacent to an activating group) is 1. The number of hydrogen-bond donors (Lipinski definition) is 3. The zero-order chi connectivity index (χ0) is 33.1. The van der Waals surface area contributed by atoms with Crippen LogP contribution in [-0.4, -0.2) is 42.3 Å². The zero-order valence-electron chi connectivity index (χ0n) is 24.8. The van der Waals surface area contributed by atoms with Gasteiger partial charge >= 0.3 is 6.18 Å². The van der Waals surface area contributed by atoms with Gasteiger partial charge in [-0.1, -0.05) is 12.1 Å². The van der Waals surface area contributed by atoms with Crippen LogP contribution in [-0.2, 0) is 17.5 Å². The van der Waals surface area contributed by atoms with E-state index in [0.717, 1.165) is 18.2 Å². The normalized spacial score (nSPS) is 12.0. The maximum absolute atomic E-state index is 14.0. The summed E-state index contributed by atoms with van der Waals surface area (Å²) in [7, 11) is 3.03. The third-order valence-electron chi connectivity index (χ3n) is 7.37. The number of carbonyl (C=O) groups is 3. The molecule has 2 amide bonds. The summed E-state index contributed by atoms with van der Waals surface area (Å²) in [5, 5.41) is 7.86. The molecular formula is C33H30F4N4O4. The number of pyridine rings is 1. The fourth-order valence-corrected chi connectivity index (χ4v) is 4.76. The second-order valence-electron chi connectivity index (χ2n) is 10.3. The number of ketones is 1. The molecule has 1 heterocycles. The lowest BCUT2D eigenvalue weighted by molar-refractivity contribution is -0.137. The first-order valence-corrected chi connectivity index (χ1v) is 13.8. The number of hydrogen-bond acceptors (Lipinski definition) is 5. The Hall–Kier alpha value is -5.10. The molecule has 1 aromatic heterocycles. The molecule has 1 atom stereocenters. The van der Waals surface area contributed by atoms with Gasteiger partial charge in [0, 0.05) is 29.3 Å². The molecule has 234 valence electrons. The molecule has 12 heteroatoms. The minimum Gasteiger partial charge on any atom is -0.355 e. The maximum atomic E-state index is 14.0. The van der Waals surface area contributed by atoms with Crippen molar-refractivity contribution in [3.8, 4) is 11.3 Å². The highest BCUT2D eigenvalue weighted by molar-refractivity contribution is 6.09. The van der Waals surface area contributed by atoms with Crippen LogP contribution in [0.1, 0.15) is 49.9 Å². The van der Waals surface area contributed by atoms with Crippen molar-refractivity contribution in [1.29, 1.82) is 0 Å². The minimum absolute atomic E-state index is 0.0236. The predicted molar refractivity (Wildman–Crippen MR) is 162 cm³/mol. The summed E-state index contributed by atoms with van der Waals surface area (Å²) in [6.45, 7) is 2.82. The summed E-state index contributed by atoms with van der Waals surface area (Å²) >= 11 is 0. The van der Waals surface area contributed by atoms with Crippen LogP contribution < -0.4 is 21.5 Å². The van der Waals surface area contributed by atoms with Crippen molar-refractivity contribution < 1.29 is 31.9 Å². The van der Waals surface area contributed by atoms with Crippen molar-refractivity contribution in [2.75, 3.05) is 19.4 Å². The van der Waals surface area contributed by atoms with Crippen LogP contribution in [0, 0.1) is 12.7 Å². The Balaban J connectivity index is 1.92. The lowest BCUT2D eigenvalue weighted by atomic mass is 9.97. The van der Waals surface area contributed by atoms with Gasteiger partial charge < -0.3 is 20.5 Å². The summed E-state index contributed by atoms with van der Waals surface area (Å²) in [5.74, 6) is -2.28. The maximum Gasteiger partial charge on any atom is 0.416 e. The Bertz CT molecular complexity index is 1830. The number of anilines is 1. The van der Waals surface area contributed by atoms with Crippen LogP contribution in [0.2, 0.25) is 0 Å². The van der Waals surface area contributed by atoms with E-state index in [1.165, 1.54) is 41.9 Å². The molecule has 0 fully saturated rings. The van der Waals surface area contributed by atoms with E-state index in [4.69, 9.17) is 0 Å². The van der Waals surface area contributed by atoms with Crippen LogP contribution in [0.25, 0.3) is 11.3 Å². The number of alkyl halides is 3. The highest BCUT2D eigenvalue weighted by atomic mass is 19.4. The number of amides is 2. The monoisotopic (exact) mass is 622 g/mol. The smallest absolute Gasteiger partial charge is 0.355 e. The molecule has 3 N–H and O–H groups in total. The second-order valence-corrected chi connectivity index (χ2v) is 10.3. The van der Waals surface area contributed by atoms with Gasteiger partial charge in [-0.05, 0) is 92.7 Å². The molecule has 0 aliphatic rings. The summed E-state index contributed by atoms with van der Waals surface area (Å²) in [6, 6.07) is 14.3. The van der Waals surface area contributed by atoms with Crippen molar-refractivity contribution >= 4 is 23.3 Å². The lowest BCUT2D eigenvalue weighted by Crippen LogP contribution is -2.37. The van der Waals surface area contributed by atoms with Crippen LogP contribution >= 0.6 is 0 Å². The fraction of sp³-hybridized carbons (Fsp3) is 0.212. The number of carbonyl (C=O) groups excluding carboxylic acids is 3. The van der Waals surface area contributed by atoms with Gasteiger partial charge in [-0.3, -0.25) is 19.2 Å². The number of halogens is 4. The van der Waals surface area contributed by atoms with Gasteiger partial charge in [0.2, 0.25) is 5.91 Å². The number of aromatic nitrogens is 1. The SMILES string of the molecule is CNC(=O)c1cccc(-c2ccc(NC(=O)[C@H](C)NC)c(=O)n2Cc2cc(C(=O)c3ccc(F)cc3)cc(C(F)(F)F)c2)c1C. The first kappa shape index (κ1) is 32.8. The molecule has 4 rings (SSSR count). The van der Waals surface area contributed by atoms with E-state index in [1.54, 1.807) is 39.1 Å². The summed E-state index contributed by atoms with van der Waals surface area (Å²) in [5.41, 5.74) is -0.816. The molecule has 8 nitrogen and oxygen atoms in total. The average molecular weight is 623 g/mol. The number of rotatable bonds is 9. The zero-order valence-corrected chi connectivity index (χ0v) is 24.8. The third kappa shape index (κ3) is 7.18. The second kappa shape index (κ2) is 13.3. The molecule has 0 aliphatic heterocycles. The summed E-state index contributed by atoms with van der Waals surface area (Å²) < 4.78 is 56.7. The van der Waals surface area contributed by atoms with Crippen LogP contribution in [0.15, 0.2) is 77.6 Å². The molecule has 0 spiro atoms. The first-order chi connectivity index (χ1) is 21.2. The summed E-state index contributed by atoms with van der Waals surface area (Å²) in [6.07, 6.45) is -4.83. The topological polar surface area (TPSA) is 109 Å². The molecule has 3 aromatic carbocycles. The highest BCUT2D eigenvalue weighted by Crippen LogP contribution is 2.32. The van der Waals surface area contributed by atoms with Crippen molar-refractivity contribution in [3.63, 3.8) is 0 Å². The van der Waals surface area contributed by atoms with Crippen LogP contribution in [0.3, 0.4) is 0 Å². The van der Waals surface area contributed by atoms with E-state index >= 15 is 0 Å². The highest BCUT2D eigenvalue weighted by Gasteiger charge is 2.32. The Morgan fingerprint density at radius 2 is 1.60 bits per heavy atom. The molecule has 0 saturated carbocycles. The van der Waals surface area contributed by atoms with E-state index in [1.807, 2.05) is 0 Å².